The van der Waals surface area contributed by atoms with Gasteiger partial charge < -0.3 is 5.73 Å². The highest BCUT2D eigenvalue weighted by molar-refractivity contribution is 7.89. The van der Waals surface area contributed by atoms with Crippen molar-refractivity contribution in [1.29, 1.82) is 0 Å². The number of nitrogens with two attached hydrogens (primary N) is 1. The molecule has 1 atom stereocenters. The number of nitrogen functional groups attached to an aromatic ring is 1. The Balaban J connectivity index is 2.29. The van der Waals surface area contributed by atoms with E-state index in [1.165, 1.54) is 0 Å². The first-order valence-electron chi connectivity index (χ1n) is 5.82. The molecule has 0 saturated carbocycles. The van der Waals surface area contributed by atoms with Gasteiger partial charge >= 0.3 is 0 Å². The minimum absolute atomic E-state index is 0.169. The highest BCUT2D eigenvalue weighted by atomic mass is 35.5. The predicted molar refractivity (Wildman–Crippen MR) is 72.9 cm³/mol. The van der Waals surface area contributed by atoms with Crippen LogP contribution in [0.1, 0.15) is 19.3 Å². The maximum atomic E-state index is 13.2. The van der Waals surface area contributed by atoms with Crippen molar-refractivity contribution < 1.29 is 12.8 Å². The highest BCUT2D eigenvalue weighted by Crippen LogP contribution is 2.27. The molecule has 1 aromatic carbocycles. The summed E-state index contributed by atoms with van der Waals surface area (Å²) < 4.78 is 40.1. The maximum absolute atomic E-state index is 13.2. The lowest BCUT2D eigenvalue weighted by Crippen LogP contribution is -2.35. The summed E-state index contributed by atoms with van der Waals surface area (Å²) in [5, 5.41) is -0.175. The predicted octanol–water partition coefficient (Wildman–Crippen LogP) is 2.45. The van der Waals surface area contributed by atoms with Gasteiger partial charge in [-0.25, -0.2) is 17.5 Å². The van der Waals surface area contributed by atoms with Gasteiger partial charge in [0.05, 0.1) is 10.7 Å². The molecular weight excluding hydrogens is 291 g/mol. The zero-order valence-electron chi connectivity index (χ0n) is 10.1. The smallest absolute Gasteiger partial charge is 0.242 e. The van der Waals surface area contributed by atoms with Gasteiger partial charge in [0.15, 0.2) is 0 Å². The van der Waals surface area contributed by atoms with Gasteiger partial charge in [0.2, 0.25) is 10.0 Å². The average molecular weight is 305 g/mol. The molecule has 0 bridgehead atoms. The van der Waals surface area contributed by atoms with Gasteiger partial charge in [-0.1, -0.05) is 23.8 Å². The van der Waals surface area contributed by atoms with Crippen molar-refractivity contribution in [2.75, 3.05) is 5.73 Å². The number of benzene rings is 1. The molecule has 0 saturated heterocycles. The van der Waals surface area contributed by atoms with E-state index in [9.17, 15) is 12.8 Å². The lowest BCUT2D eigenvalue weighted by molar-refractivity contribution is 0.522. The molecule has 0 aromatic heterocycles. The summed E-state index contributed by atoms with van der Waals surface area (Å²) in [5.41, 5.74) is 5.14. The van der Waals surface area contributed by atoms with Gasteiger partial charge in [0.25, 0.3) is 0 Å². The fraction of sp³-hybridized carbons (Fsp3) is 0.333. The quantitative estimate of drug-likeness (QED) is 0.665. The molecule has 1 aliphatic carbocycles. The minimum Gasteiger partial charge on any atom is -0.396 e. The Kier molecular flexibility index (Phi) is 4.13. The summed E-state index contributed by atoms with van der Waals surface area (Å²) in [6.45, 7) is 0. The van der Waals surface area contributed by atoms with E-state index in [-0.39, 0.29) is 21.6 Å². The van der Waals surface area contributed by atoms with Gasteiger partial charge in [-0.2, -0.15) is 0 Å². The second-order valence-electron chi connectivity index (χ2n) is 4.41. The molecule has 104 valence electrons. The molecule has 1 aliphatic rings. The second kappa shape index (κ2) is 5.48. The van der Waals surface area contributed by atoms with Crippen molar-refractivity contribution in [3.05, 3.63) is 35.1 Å². The van der Waals surface area contributed by atoms with E-state index < -0.39 is 15.8 Å². The number of anilines is 1. The number of rotatable bonds is 3. The fourth-order valence-electron chi connectivity index (χ4n) is 1.93. The van der Waals surface area contributed by atoms with E-state index in [4.69, 9.17) is 17.3 Å². The Labute approximate surface area is 116 Å². The van der Waals surface area contributed by atoms with Gasteiger partial charge in [0.1, 0.15) is 10.7 Å². The largest absolute Gasteiger partial charge is 0.396 e. The number of hydrogen-bond acceptors (Lipinski definition) is 3. The molecule has 4 nitrogen and oxygen atoms in total. The van der Waals surface area contributed by atoms with Gasteiger partial charge in [-0.05, 0) is 31.4 Å². The maximum Gasteiger partial charge on any atom is 0.242 e. The van der Waals surface area contributed by atoms with Gasteiger partial charge in [-0.15, -0.1) is 0 Å². The summed E-state index contributed by atoms with van der Waals surface area (Å²) in [6.07, 6.45) is 6.12. The Bertz CT molecular complexity index is 616. The van der Waals surface area contributed by atoms with Crippen LogP contribution < -0.4 is 10.5 Å². The minimum atomic E-state index is -3.79. The fourth-order valence-corrected chi connectivity index (χ4v) is 3.77. The molecule has 0 fully saturated rings. The van der Waals surface area contributed by atoms with Crippen molar-refractivity contribution in [2.24, 2.45) is 0 Å². The SMILES string of the molecule is Nc1cc(S(=O)(=O)NC2CC=CCC2)c(Cl)cc1F. The number of sulfonamides is 1. The van der Waals surface area contributed by atoms with Crippen LogP contribution in [0.4, 0.5) is 10.1 Å². The number of halogens is 2. The first-order chi connectivity index (χ1) is 8.90. The van der Waals surface area contributed by atoms with E-state index in [1.54, 1.807) is 0 Å². The number of hydrogen-bond donors (Lipinski definition) is 2. The topological polar surface area (TPSA) is 72.2 Å². The molecule has 0 aliphatic heterocycles. The zero-order valence-corrected chi connectivity index (χ0v) is 11.6. The van der Waals surface area contributed by atoms with Gasteiger partial charge in [0, 0.05) is 6.04 Å². The molecule has 1 aromatic rings. The normalized spacial score (nSPS) is 19.6. The van der Waals surface area contributed by atoms with Crippen LogP contribution in [-0.4, -0.2) is 14.5 Å². The van der Waals surface area contributed by atoms with Crippen LogP contribution in [-0.2, 0) is 10.0 Å². The van der Waals surface area contributed by atoms with Crippen molar-refractivity contribution in [3.8, 4) is 0 Å². The Hall–Kier alpha value is -1.11. The van der Waals surface area contributed by atoms with Crippen LogP contribution in [0.25, 0.3) is 0 Å². The first kappa shape index (κ1) is 14.3. The molecule has 0 spiro atoms. The van der Waals surface area contributed by atoms with E-state index in [1.807, 2.05) is 12.2 Å². The summed E-state index contributed by atoms with van der Waals surface area (Å²) >= 11 is 5.77. The molecule has 2 rings (SSSR count). The third-order valence-electron chi connectivity index (χ3n) is 2.93. The van der Waals surface area contributed by atoms with Crippen LogP contribution in [0.5, 0.6) is 0 Å². The molecule has 0 heterocycles. The summed E-state index contributed by atoms with van der Waals surface area (Å²) in [6, 6.07) is 1.78. The summed E-state index contributed by atoms with van der Waals surface area (Å²) in [5.74, 6) is -0.732. The molecule has 0 radical (unpaired) electrons. The van der Waals surface area contributed by atoms with E-state index >= 15 is 0 Å². The van der Waals surface area contributed by atoms with Crippen LogP contribution in [0.3, 0.4) is 0 Å². The number of allylic oxidation sites excluding steroid dienone is 1. The summed E-state index contributed by atoms with van der Waals surface area (Å²) in [4.78, 5) is -0.192. The molecule has 7 heteroatoms. The van der Waals surface area contributed by atoms with Gasteiger partial charge in [-0.3, -0.25) is 0 Å². The summed E-state index contributed by atoms with van der Waals surface area (Å²) in [7, 11) is -3.79. The lowest BCUT2D eigenvalue weighted by Gasteiger charge is -2.19. The van der Waals surface area contributed by atoms with Crippen molar-refractivity contribution in [1.82, 2.24) is 4.72 Å². The van der Waals surface area contributed by atoms with E-state index in [0.717, 1.165) is 25.0 Å². The Morgan fingerprint density at radius 3 is 2.74 bits per heavy atom. The Morgan fingerprint density at radius 2 is 2.11 bits per heavy atom. The van der Waals surface area contributed by atoms with E-state index in [2.05, 4.69) is 4.72 Å². The second-order valence-corrected chi connectivity index (χ2v) is 6.50. The third-order valence-corrected chi connectivity index (χ3v) is 4.92. The number of nitrogens with one attached hydrogen (secondary N) is 1. The molecule has 3 N–H and O–H groups in total. The van der Waals surface area contributed by atoms with E-state index in [0.29, 0.717) is 6.42 Å². The van der Waals surface area contributed by atoms with Crippen LogP contribution in [0, 0.1) is 5.82 Å². The van der Waals surface area contributed by atoms with Crippen molar-refractivity contribution >= 4 is 27.3 Å². The average Bonchev–Trinajstić information content (AvgIpc) is 2.34. The molecule has 0 amide bonds. The Morgan fingerprint density at radius 1 is 1.37 bits per heavy atom. The first-order valence-corrected chi connectivity index (χ1v) is 7.68. The monoisotopic (exact) mass is 304 g/mol. The molecule has 19 heavy (non-hydrogen) atoms. The van der Waals surface area contributed by atoms with Crippen LogP contribution >= 0.6 is 11.6 Å². The molecule has 1 unspecified atom stereocenters. The standard InChI is InChI=1S/C12H14ClFN2O2S/c13-9-6-10(14)11(15)7-12(9)19(17,18)16-8-4-2-1-3-5-8/h1-2,6-8,16H,3-5,15H2. The van der Waals surface area contributed by atoms with Crippen LogP contribution in [0.2, 0.25) is 5.02 Å². The molecular formula is C12H14ClFN2O2S. The third kappa shape index (κ3) is 3.26. The van der Waals surface area contributed by atoms with Crippen LogP contribution in [0.15, 0.2) is 29.2 Å². The van der Waals surface area contributed by atoms with Crippen molar-refractivity contribution in [2.45, 2.75) is 30.2 Å². The lowest BCUT2D eigenvalue weighted by atomic mass is 10.0. The zero-order chi connectivity index (χ0) is 14.0. The van der Waals surface area contributed by atoms with Crippen molar-refractivity contribution in [3.63, 3.8) is 0 Å². The highest BCUT2D eigenvalue weighted by Gasteiger charge is 2.23.